The highest BCUT2D eigenvalue weighted by Gasteiger charge is 2.36. The maximum atomic E-state index is 12.6. The van der Waals surface area contributed by atoms with E-state index in [1.54, 1.807) is 0 Å². The van der Waals surface area contributed by atoms with Crippen LogP contribution in [0.3, 0.4) is 0 Å². The highest BCUT2D eigenvalue weighted by molar-refractivity contribution is 8.00. The fourth-order valence-electron chi connectivity index (χ4n) is 3.53. The van der Waals surface area contributed by atoms with Crippen molar-refractivity contribution in [3.05, 3.63) is 87.8 Å². The highest BCUT2D eigenvalue weighted by atomic mass is 32.2. The molecule has 1 aliphatic rings. The average Bonchev–Trinajstić information content (AvgIpc) is 3.04. The first kappa shape index (κ1) is 18.1. The van der Waals surface area contributed by atoms with E-state index in [0.717, 1.165) is 12.0 Å². The lowest BCUT2D eigenvalue weighted by Gasteiger charge is -2.30. The van der Waals surface area contributed by atoms with Gasteiger partial charge in [0.1, 0.15) is 5.00 Å². The molecule has 0 saturated carbocycles. The van der Waals surface area contributed by atoms with Gasteiger partial charge in [-0.15, -0.1) is 23.1 Å². The second-order valence-corrected chi connectivity index (χ2v) is 8.83. The van der Waals surface area contributed by atoms with Crippen molar-refractivity contribution in [1.82, 2.24) is 0 Å². The molecule has 4 rings (SSSR count). The summed E-state index contributed by atoms with van der Waals surface area (Å²) in [4.78, 5) is 13.8. The molecule has 2 atom stereocenters. The van der Waals surface area contributed by atoms with Crippen LogP contribution < -0.4 is 5.73 Å². The molecule has 0 amide bonds. The van der Waals surface area contributed by atoms with E-state index in [1.165, 1.54) is 27.3 Å². The number of hydrogen-bond acceptors (Lipinski definition) is 5. The van der Waals surface area contributed by atoms with Crippen LogP contribution in [-0.4, -0.2) is 12.6 Å². The monoisotopic (exact) mass is 395 g/mol. The van der Waals surface area contributed by atoms with Gasteiger partial charge >= 0.3 is 5.97 Å². The normalized spacial score (nSPS) is 18.7. The fourth-order valence-corrected chi connectivity index (χ4v) is 6.42. The number of fused-ring (bicyclic) bond motifs is 1. The zero-order valence-electron chi connectivity index (χ0n) is 15.1. The second kappa shape index (κ2) is 7.79. The van der Waals surface area contributed by atoms with Gasteiger partial charge in [0.25, 0.3) is 0 Å². The number of thiophene rings is 1. The standard InChI is InChI=1S/C22H21NO2S2/c1-2-25-22(24)18-16-13-17(14-9-5-3-6-10-14)26-19(20(16)27-21(18)23)15-11-7-4-8-12-15/h3-12,17,19H,2,13,23H2,1H3/t17-,19+/m1/s1. The Bertz CT molecular complexity index is 938. The van der Waals surface area contributed by atoms with Gasteiger partial charge < -0.3 is 10.5 Å². The Kier molecular flexibility index (Phi) is 5.23. The van der Waals surface area contributed by atoms with Gasteiger partial charge in [-0.2, -0.15) is 0 Å². The number of nitrogens with two attached hydrogens (primary N) is 1. The molecule has 3 aromatic rings. The minimum Gasteiger partial charge on any atom is -0.462 e. The average molecular weight is 396 g/mol. The Labute approximate surface area is 167 Å². The fraction of sp³-hybridized carbons (Fsp3) is 0.227. The van der Waals surface area contributed by atoms with Crippen molar-refractivity contribution in [1.29, 1.82) is 0 Å². The zero-order valence-corrected chi connectivity index (χ0v) is 16.7. The van der Waals surface area contributed by atoms with E-state index in [4.69, 9.17) is 10.5 Å². The molecule has 0 unspecified atom stereocenters. The van der Waals surface area contributed by atoms with Crippen molar-refractivity contribution in [2.24, 2.45) is 0 Å². The van der Waals surface area contributed by atoms with Crippen LogP contribution in [0.2, 0.25) is 0 Å². The Hall–Kier alpha value is -2.24. The number of thioether (sulfide) groups is 1. The molecule has 0 spiro atoms. The summed E-state index contributed by atoms with van der Waals surface area (Å²) in [6.07, 6.45) is 0.787. The maximum Gasteiger partial charge on any atom is 0.341 e. The summed E-state index contributed by atoms with van der Waals surface area (Å²) in [5, 5.41) is 0.996. The number of carbonyl (C=O) groups is 1. The molecular weight excluding hydrogens is 374 g/mol. The molecule has 0 bridgehead atoms. The molecule has 3 nitrogen and oxygen atoms in total. The van der Waals surface area contributed by atoms with E-state index in [2.05, 4.69) is 48.5 Å². The van der Waals surface area contributed by atoms with Crippen molar-refractivity contribution < 1.29 is 9.53 Å². The molecule has 27 heavy (non-hydrogen) atoms. The lowest BCUT2D eigenvalue weighted by Crippen LogP contribution is -2.15. The SMILES string of the molecule is CCOC(=O)c1c(N)sc2c1C[C@H](c1ccccc1)S[C@H]2c1ccccc1. The van der Waals surface area contributed by atoms with Crippen LogP contribution in [-0.2, 0) is 11.2 Å². The van der Waals surface area contributed by atoms with Gasteiger partial charge in [0.05, 0.1) is 17.4 Å². The maximum absolute atomic E-state index is 12.6. The minimum absolute atomic E-state index is 0.163. The number of carbonyl (C=O) groups excluding carboxylic acids is 1. The zero-order chi connectivity index (χ0) is 18.8. The lowest BCUT2D eigenvalue weighted by molar-refractivity contribution is 0.0527. The molecule has 2 aromatic carbocycles. The third-order valence-corrected chi connectivity index (χ3v) is 7.57. The van der Waals surface area contributed by atoms with Crippen LogP contribution in [0.25, 0.3) is 0 Å². The van der Waals surface area contributed by atoms with Crippen LogP contribution in [0.1, 0.15) is 49.3 Å². The van der Waals surface area contributed by atoms with Gasteiger partial charge in [0, 0.05) is 10.1 Å². The summed E-state index contributed by atoms with van der Waals surface area (Å²) in [5.41, 5.74) is 10.4. The summed E-state index contributed by atoms with van der Waals surface area (Å²) in [5.74, 6) is -0.307. The van der Waals surface area contributed by atoms with E-state index in [0.29, 0.717) is 17.2 Å². The smallest absolute Gasteiger partial charge is 0.341 e. The number of ether oxygens (including phenoxy) is 1. The van der Waals surface area contributed by atoms with Gasteiger partial charge in [0.2, 0.25) is 0 Å². The van der Waals surface area contributed by atoms with Crippen LogP contribution in [0.15, 0.2) is 60.7 Å². The van der Waals surface area contributed by atoms with Crippen molar-refractivity contribution in [3.8, 4) is 0 Å². The Morgan fingerprint density at radius 3 is 2.33 bits per heavy atom. The van der Waals surface area contributed by atoms with Gasteiger partial charge in [-0.3, -0.25) is 0 Å². The summed E-state index contributed by atoms with van der Waals surface area (Å²) in [6, 6.07) is 20.9. The van der Waals surface area contributed by atoms with E-state index in [-0.39, 0.29) is 16.5 Å². The molecule has 2 N–H and O–H groups in total. The quantitative estimate of drug-likeness (QED) is 0.582. The Morgan fingerprint density at radius 1 is 1.07 bits per heavy atom. The van der Waals surface area contributed by atoms with E-state index < -0.39 is 0 Å². The molecule has 0 saturated heterocycles. The molecule has 0 fully saturated rings. The number of benzene rings is 2. The molecule has 2 heterocycles. The van der Waals surface area contributed by atoms with Gasteiger partial charge in [-0.1, -0.05) is 60.7 Å². The molecule has 1 aromatic heterocycles. The van der Waals surface area contributed by atoms with Crippen LogP contribution in [0, 0.1) is 0 Å². The molecule has 138 valence electrons. The Morgan fingerprint density at radius 2 is 1.70 bits per heavy atom. The van der Waals surface area contributed by atoms with Crippen molar-refractivity contribution in [2.75, 3.05) is 12.3 Å². The number of nitrogen functional groups attached to an aromatic ring is 1. The lowest BCUT2D eigenvalue weighted by atomic mass is 9.97. The number of anilines is 1. The van der Waals surface area contributed by atoms with Gasteiger partial charge in [-0.25, -0.2) is 4.79 Å². The van der Waals surface area contributed by atoms with Crippen molar-refractivity contribution in [2.45, 2.75) is 23.8 Å². The number of esters is 1. The van der Waals surface area contributed by atoms with Crippen LogP contribution in [0.5, 0.6) is 0 Å². The summed E-state index contributed by atoms with van der Waals surface area (Å²) >= 11 is 3.46. The summed E-state index contributed by atoms with van der Waals surface area (Å²) in [6.45, 7) is 2.17. The van der Waals surface area contributed by atoms with Gasteiger partial charge in [-0.05, 0) is 30.0 Å². The van der Waals surface area contributed by atoms with Crippen LogP contribution >= 0.6 is 23.1 Å². The predicted octanol–water partition coefficient (Wildman–Crippen LogP) is 5.63. The summed E-state index contributed by atoms with van der Waals surface area (Å²) < 4.78 is 5.30. The van der Waals surface area contributed by atoms with E-state index >= 15 is 0 Å². The first-order chi connectivity index (χ1) is 13.2. The van der Waals surface area contributed by atoms with Gasteiger partial charge in [0.15, 0.2) is 0 Å². The molecule has 0 radical (unpaired) electrons. The molecule has 1 aliphatic heterocycles. The molecule has 0 aliphatic carbocycles. The predicted molar refractivity (Wildman–Crippen MR) is 113 cm³/mol. The van der Waals surface area contributed by atoms with E-state index in [1.807, 2.05) is 30.8 Å². The van der Waals surface area contributed by atoms with Crippen molar-refractivity contribution in [3.63, 3.8) is 0 Å². The largest absolute Gasteiger partial charge is 0.462 e. The summed E-state index contributed by atoms with van der Waals surface area (Å²) in [7, 11) is 0. The van der Waals surface area contributed by atoms with Crippen molar-refractivity contribution >= 4 is 34.1 Å². The second-order valence-electron chi connectivity index (χ2n) is 6.43. The first-order valence-corrected chi connectivity index (χ1v) is 10.8. The molecular formula is C22H21NO2S2. The topological polar surface area (TPSA) is 52.3 Å². The third-order valence-electron chi connectivity index (χ3n) is 4.75. The van der Waals surface area contributed by atoms with E-state index in [9.17, 15) is 4.79 Å². The molecule has 5 heteroatoms. The third kappa shape index (κ3) is 3.49. The highest BCUT2D eigenvalue weighted by Crippen LogP contribution is 2.55. The first-order valence-electron chi connectivity index (χ1n) is 9.02. The number of rotatable bonds is 4. The minimum atomic E-state index is -0.307. The number of hydrogen-bond donors (Lipinski definition) is 1. The Balaban J connectivity index is 1.83. The van der Waals surface area contributed by atoms with Crippen LogP contribution in [0.4, 0.5) is 5.00 Å².